The zero-order chi connectivity index (χ0) is 12.8. The number of ether oxygens (including phenoxy) is 1. The van der Waals surface area contributed by atoms with Gasteiger partial charge in [-0.15, -0.1) is 0 Å². The molecular formula is C12H16BrF2NO. The topological polar surface area (TPSA) is 21.3 Å². The van der Waals surface area contributed by atoms with Crippen molar-refractivity contribution in [3.8, 4) is 5.75 Å². The first-order chi connectivity index (χ1) is 7.99. The highest BCUT2D eigenvalue weighted by atomic mass is 79.9. The highest BCUT2D eigenvalue weighted by molar-refractivity contribution is 9.10. The molecule has 0 saturated heterocycles. The zero-order valence-electron chi connectivity index (χ0n) is 9.84. The fraction of sp³-hybridized carbons (Fsp3) is 0.500. The molecule has 0 fully saturated rings. The molecule has 5 heteroatoms. The number of benzene rings is 1. The monoisotopic (exact) mass is 307 g/mol. The van der Waals surface area contributed by atoms with Gasteiger partial charge in [0.05, 0.1) is 0 Å². The number of alkyl halides is 2. The van der Waals surface area contributed by atoms with Gasteiger partial charge in [0.25, 0.3) is 0 Å². The van der Waals surface area contributed by atoms with Crippen molar-refractivity contribution >= 4 is 15.9 Å². The molecule has 0 saturated carbocycles. The largest absolute Gasteiger partial charge is 0.435 e. The number of nitrogens with one attached hydrogen (secondary N) is 1. The number of rotatable bonds is 6. The Kier molecular flexibility index (Phi) is 5.85. The van der Waals surface area contributed by atoms with E-state index < -0.39 is 6.61 Å². The molecule has 96 valence electrons. The molecule has 1 aromatic rings. The summed E-state index contributed by atoms with van der Waals surface area (Å²) in [6.07, 6.45) is 0. The van der Waals surface area contributed by atoms with Gasteiger partial charge in [0.2, 0.25) is 0 Å². The summed E-state index contributed by atoms with van der Waals surface area (Å²) in [5.41, 5.74) is 0.906. The smallest absolute Gasteiger partial charge is 0.387 e. The fourth-order valence-electron chi connectivity index (χ4n) is 1.36. The molecule has 2 nitrogen and oxygen atoms in total. The third-order valence-corrected chi connectivity index (χ3v) is 2.88. The molecule has 0 aliphatic carbocycles. The van der Waals surface area contributed by atoms with Crippen molar-refractivity contribution in [2.24, 2.45) is 5.92 Å². The maximum Gasteiger partial charge on any atom is 0.387 e. The lowest BCUT2D eigenvalue weighted by Crippen LogP contribution is -2.19. The predicted octanol–water partition coefficient (Wildman–Crippen LogP) is 3.80. The van der Waals surface area contributed by atoms with E-state index in [2.05, 4.69) is 39.8 Å². The van der Waals surface area contributed by atoms with Gasteiger partial charge in [0, 0.05) is 11.0 Å². The van der Waals surface area contributed by atoms with Crippen LogP contribution in [0.4, 0.5) is 8.78 Å². The van der Waals surface area contributed by atoms with Crippen LogP contribution in [0.2, 0.25) is 0 Å². The molecule has 0 bridgehead atoms. The van der Waals surface area contributed by atoms with E-state index in [-0.39, 0.29) is 5.75 Å². The van der Waals surface area contributed by atoms with Crippen molar-refractivity contribution in [2.75, 3.05) is 6.54 Å². The lowest BCUT2D eigenvalue weighted by Gasteiger charge is -2.11. The average Bonchev–Trinajstić information content (AvgIpc) is 2.21. The normalized spacial score (nSPS) is 11.2. The van der Waals surface area contributed by atoms with Crippen LogP contribution in [0.25, 0.3) is 0 Å². The minimum atomic E-state index is -2.78. The van der Waals surface area contributed by atoms with Gasteiger partial charge in [-0.2, -0.15) is 8.78 Å². The SMILES string of the molecule is CC(C)CNCc1cc(OC(F)F)ccc1Br. The maximum absolute atomic E-state index is 12.1. The Morgan fingerprint density at radius 1 is 1.35 bits per heavy atom. The molecule has 1 N–H and O–H groups in total. The van der Waals surface area contributed by atoms with Crippen LogP contribution >= 0.6 is 15.9 Å². The van der Waals surface area contributed by atoms with Crippen LogP contribution in [0.3, 0.4) is 0 Å². The van der Waals surface area contributed by atoms with Crippen molar-refractivity contribution < 1.29 is 13.5 Å². The Balaban J connectivity index is 2.63. The molecule has 0 unspecified atom stereocenters. The van der Waals surface area contributed by atoms with E-state index in [9.17, 15) is 8.78 Å². The molecule has 0 spiro atoms. The van der Waals surface area contributed by atoms with E-state index >= 15 is 0 Å². The Bertz CT molecular complexity index is 358. The van der Waals surface area contributed by atoms with Crippen molar-refractivity contribution in [2.45, 2.75) is 27.0 Å². The molecule has 1 rings (SSSR count). The third-order valence-electron chi connectivity index (χ3n) is 2.11. The zero-order valence-corrected chi connectivity index (χ0v) is 11.4. The average molecular weight is 308 g/mol. The van der Waals surface area contributed by atoms with Crippen molar-refractivity contribution in [3.05, 3.63) is 28.2 Å². The molecule has 0 aliphatic rings. The Morgan fingerprint density at radius 2 is 2.06 bits per heavy atom. The van der Waals surface area contributed by atoms with Gasteiger partial charge in [0.1, 0.15) is 5.75 Å². The number of halogens is 3. The van der Waals surface area contributed by atoms with E-state index in [4.69, 9.17) is 0 Å². The summed E-state index contributed by atoms with van der Waals surface area (Å²) in [6, 6.07) is 4.84. The third kappa shape index (κ3) is 5.46. The second kappa shape index (κ2) is 6.91. The molecule has 0 aromatic heterocycles. The van der Waals surface area contributed by atoms with Crippen LogP contribution < -0.4 is 10.1 Å². The summed E-state index contributed by atoms with van der Waals surface area (Å²) in [7, 11) is 0. The summed E-state index contributed by atoms with van der Waals surface area (Å²) in [4.78, 5) is 0. The lowest BCUT2D eigenvalue weighted by atomic mass is 10.2. The van der Waals surface area contributed by atoms with E-state index in [0.29, 0.717) is 12.5 Å². The number of hydrogen-bond acceptors (Lipinski definition) is 2. The predicted molar refractivity (Wildman–Crippen MR) is 67.3 cm³/mol. The second-order valence-electron chi connectivity index (χ2n) is 4.16. The van der Waals surface area contributed by atoms with Crippen LogP contribution in [0, 0.1) is 5.92 Å². The van der Waals surface area contributed by atoms with Gasteiger partial charge in [-0.25, -0.2) is 0 Å². The fourth-order valence-corrected chi connectivity index (χ4v) is 1.75. The van der Waals surface area contributed by atoms with Crippen LogP contribution in [0.5, 0.6) is 5.75 Å². The van der Waals surface area contributed by atoms with E-state index in [1.807, 2.05) is 0 Å². The Labute approximate surface area is 108 Å². The molecule has 0 radical (unpaired) electrons. The van der Waals surface area contributed by atoms with Crippen molar-refractivity contribution in [3.63, 3.8) is 0 Å². The standard InChI is InChI=1S/C12H16BrF2NO/c1-8(2)6-16-7-9-5-10(17-12(14)15)3-4-11(9)13/h3-5,8,12,16H,6-7H2,1-2H3. The summed E-state index contributed by atoms with van der Waals surface area (Å²) >= 11 is 3.38. The van der Waals surface area contributed by atoms with Gasteiger partial charge in [-0.05, 0) is 36.2 Å². The van der Waals surface area contributed by atoms with Crippen molar-refractivity contribution in [1.29, 1.82) is 0 Å². The van der Waals surface area contributed by atoms with Crippen molar-refractivity contribution in [1.82, 2.24) is 5.32 Å². The molecule has 0 aliphatic heterocycles. The molecule has 0 atom stereocenters. The molecule has 17 heavy (non-hydrogen) atoms. The first-order valence-electron chi connectivity index (χ1n) is 5.43. The van der Waals surface area contributed by atoms with Crippen LogP contribution in [-0.4, -0.2) is 13.2 Å². The quantitative estimate of drug-likeness (QED) is 0.863. The lowest BCUT2D eigenvalue weighted by molar-refractivity contribution is -0.0498. The Hall–Kier alpha value is -0.680. The minimum absolute atomic E-state index is 0.185. The van der Waals surface area contributed by atoms with Crippen LogP contribution in [-0.2, 0) is 6.54 Å². The summed E-state index contributed by atoms with van der Waals surface area (Å²) in [6.45, 7) is 2.94. The maximum atomic E-state index is 12.1. The Morgan fingerprint density at radius 3 is 2.65 bits per heavy atom. The van der Waals surface area contributed by atoms with E-state index in [1.54, 1.807) is 12.1 Å². The molecule has 0 amide bonds. The van der Waals surface area contributed by atoms with Crippen LogP contribution in [0.15, 0.2) is 22.7 Å². The summed E-state index contributed by atoms with van der Waals surface area (Å²) < 4.78 is 29.4. The highest BCUT2D eigenvalue weighted by Crippen LogP contribution is 2.23. The molecule has 0 heterocycles. The van der Waals surface area contributed by atoms with Crippen LogP contribution in [0.1, 0.15) is 19.4 Å². The van der Waals surface area contributed by atoms with E-state index in [0.717, 1.165) is 16.6 Å². The first-order valence-corrected chi connectivity index (χ1v) is 6.22. The minimum Gasteiger partial charge on any atom is -0.435 e. The van der Waals surface area contributed by atoms with Gasteiger partial charge in [0.15, 0.2) is 0 Å². The van der Waals surface area contributed by atoms with Gasteiger partial charge < -0.3 is 10.1 Å². The molecule has 1 aromatic carbocycles. The van der Waals surface area contributed by atoms with Gasteiger partial charge in [-0.3, -0.25) is 0 Å². The van der Waals surface area contributed by atoms with Gasteiger partial charge in [-0.1, -0.05) is 29.8 Å². The summed E-state index contributed by atoms with van der Waals surface area (Å²) in [5, 5.41) is 3.25. The molecular weight excluding hydrogens is 292 g/mol. The first kappa shape index (κ1) is 14.4. The van der Waals surface area contributed by atoms with Gasteiger partial charge >= 0.3 is 6.61 Å². The number of hydrogen-bond donors (Lipinski definition) is 1. The second-order valence-corrected chi connectivity index (χ2v) is 5.01. The highest BCUT2D eigenvalue weighted by Gasteiger charge is 2.07. The summed E-state index contributed by atoms with van der Waals surface area (Å²) in [5.74, 6) is 0.735. The van der Waals surface area contributed by atoms with E-state index in [1.165, 1.54) is 6.07 Å².